The highest BCUT2D eigenvalue weighted by molar-refractivity contribution is 5.82. The van der Waals surface area contributed by atoms with Gasteiger partial charge in [-0.15, -0.1) is 0 Å². The van der Waals surface area contributed by atoms with Gasteiger partial charge in [0.1, 0.15) is 11.8 Å². The molecular weight excluding hydrogens is 304 g/mol. The summed E-state index contributed by atoms with van der Waals surface area (Å²) in [6.07, 6.45) is 3.22. The number of carbonyl (C=O) groups is 1. The second kappa shape index (κ2) is 6.80. The summed E-state index contributed by atoms with van der Waals surface area (Å²) in [6.45, 7) is -1.04. The summed E-state index contributed by atoms with van der Waals surface area (Å²) >= 11 is 0. The Morgan fingerprint density at radius 2 is 2.13 bits per heavy atom. The maximum atomic E-state index is 12.3. The topological polar surface area (TPSA) is 62.4 Å². The number of benzene rings is 1. The largest absolute Gasteiger partial charge is 0.435 e. The Bertz CT molecular complexity index is 566. The molecule has 0 bridgehead atoms. The lowest BCUT2D eigenvalue weighted by atomic mass is 10.0. The quantitative estimate of drug-likeness (QED) is 0.750. The van der Waals surface area contributed by atoms with Gasteiger partial charge < -0.3 is 10.1 Å². The standard InChI is InChI=1S/C16H21F2N3O2/c1-9(11-3-2-4-12(7-11)23-16(17)18)19-15(22)14-8-13(20-21-14)10-5-6-10/h2-4,7,9-10,13-14,16,20-21H,5-6,8H2,1H3,(H,19,22). The number of alkyl halides is 2. The fourth-order valence-corrected chi connectivity index (χ4v) is 2.92. The number of hydrazine groups is 1. The highest BCUT2D eigenvalue weighted by Gasteiger charge is 2.38. The van der Waals surface area contributed by atoms with Crippen molar-refractivity contribution in [2.45, 2.75) is 50.9 Å². The van der Waals surface area contributed by atoms with E-state index in [2.05, 4.69) is 20.9 Å². The summed E-state index contributed by atoms with van der Waals surface area (Å²) in [5, 5.41) is 2.91. The molecule has 1 aromatic carbocycles. The van der Waals surface area contributed by atoms with E-state index in [4.69, 9.17) is 0 Å². The molecule has 3 unspecified atom stereocenters. The van der Waals surface area contributed by atoms with E-state index < -0.39 is 6.61 Å². The van der Waals surface area contributed by atoms with Gasteiger partial charge >= 0.3 is 6.61 Å². The third-order valence-electron chi connectivity index (χ3n) is 4.38. The van der Waals surface area contributed by atoms with Crippen molar-refractivity contribution in [3.63, 3.8) is 0 Å². The van der Waals surface area contributed by atoms with E-state index in [1.807, 2.05) is 6.92 Å². The number of hydrogen-bond acceptors (Lipinski definition) is 4. The molecule has 126 valence electrons. The van der Waals surface area contributed by atoms with E-state index in [9.17, 15) is 13.6 Å². The van der Waals surface area contributed by atoms with Crippen molar-refractivity contribution in [1.29, 1.82) is 0 Å². The first kappa shape index (κ1) is 16.1. The van der Waals surface area contributed by atoms with E-state index in [0.29, 0.717) is 12.0 Å². The van der Waals surface area contributed by atoms with Crippen LogP contribution in [-0.4, -0.2) is 24.6 Å². The summed E-state index contributed by atoms with van der Waals surface area (Å²) in [5.74, 6) is 0.683. The van der Waals surface area contributed by atoms with E-state index in [1.165, 1.54) is 25.0 Å². The number of ether oxygens (including phenoxy) is 1. The van der Waals surface area contributed by atoms with E-state index >= 15 is 0 Å². The molecule has 1 amide bonds. The van der Waals surface area contributed by atoms with Crippen molar-refractivity contribution in [3.8, 4) is 5.75 Å². The molecule has 1 aromatic rings. The zero-order valence-corrected chi connectivity index (χ0v) is 12.9. The zero-order chi connectivity index (χ0) is 16.4. The van der Waals surface area contributed by atoms with Crippen molar-refractivity contribution < 1.29 is 18.3 Å². The minimum atomic E-state index is -2.86. The van der Waals surface area contributed by atoms with Crippen LogP contribution in [0.4, 0.5) is 8.78 Å². The van der Waals surface area contributed by atoms with Crippen molar-refractivity contribution in [2.24, 2.45) is 5.92 Å². The molecule has 7 heteroatoms. The average molecular weight is 325 g/mol. The summed E-state index contributed by atoms with van der Waals surface area (Å²) in [7, 11) is 0. The monoisotopic (exact) mass is 325 g/mol. The Labute approximate surface area is 133 Å². The second-order valence-electron chi connectivity index (χ2n) is 6.20. The molecule has 23 heavy (non-hydrogen) atoms. The predicted molar refractivity (Wildman–Crippen MR) is 80.8 cm³/mol. The highest BCUT2D eigenvalue weighted by Crippen LogP contribution is 2.35. The van der Waals surface area contributed by atoms with Crippen LogP contribution in [0, 0.1) is 5.92 Å². The van der Waals surface area contributed by atoms with Crippen molar-refractivity contribution >= 4 is 5.91 Å². The Morgan fingerprint density at radius 1 is 1.35 bits per heavy atom. The van der Waals surface area contributed by atoms with Crippen molar-refractivity contribution in [3.05, 3.63) is 29.8 Å². The lowest BCUT2D eigenvalue weighted by Gasteiger charge is -2.18. The van der Waals surface area contributed by atoms with Crippen LogP contribution in [0.3, 0.4) is 0 Å². The maximum absolute atomic E-state index is 12.3. The minimum absolute atomic E-state index is 0.0895. The second-order valence-corrected chi connectivity index (χ2v) is 6.20. The molecule has 1 aliphatic heterocycles. The molecule has 3 atom stereocenters. The average Bonchev–Trinajstić information content (AvgIpc) is 3.24. The van der Waals surface area contributed by atoms with Crippen LogP contribution in [0.2, 0.25) is 0 Å². The third-order valence-corrected chi connectivity index (χ3v) is 4.38. The van der Waals surface area contributed by atoms with Gasteiger partial charge in [-0.3, -0.25) is 10.2 Å². The smallest absolute Gasteiger partial charge is 0.387 e. The van der Waals surface area contributed by atoms with Gasteiger partial charge in [0.2, 0.25) is 5.91 Å². The molecular formula is C16H21F2N3O2. The summed E-state index contributed by atoms with van der Waals surface area (Å²) in [4.78, 5) is 12.3. The number of rotatable bonds is 6. The Balaban J connectivity index is 1.55. The summed E-state index contributed by atoms with van der Waals surface area (Å²) in [5.41, 5.74) is 6.94. The van der Waals surface area contributed by atoms with Gasteiger partial charge in [0.25, 0.3) is 0 Å². The summed E-state index contributed by atoms with van der Waals surface area (Å²) < 4.78 is 28.9. The Hall–Kier alpha value is -1.73. The van der Waals surface area contributed by atoms with Crippen LogP contribution in [0.25, 0.3) is 0 Å². The SMILES string of the molecule is CC(NC(=O)C1CC(C2CC2)NN1)c1cccc(OC(F)F)c1. The first-order valence-electron chi connectivity index (χ1n) is 7.89. The molecule has 2 aliphatic rings. The Kier molecular flexibility index (Phi) is 4.77. The van der Waals surface area contributed by atoms with Crippen LogP contribution in [0.15, 0.2) is 24.3 Å². The van der Waals surface area contributed by atoms with Gasteiger partial charge in [0.15, 0.2) is 0 Å². The van der Waals surface area contributed by atoms with Gasteiger partial charge in [0, 0.05) is 6.04 Å². The maximum Gasteiger partial charge on any atom is 0.387 e. The van der Waals surface area contributed by atoms with Gasteiger partial charge in [-0.25, -0.2) is 5.43 Å². The first-order valence-corrected chi connectivity index (χ1v) is 7.89. The lowest BCUT2D eigenvalue weighted by molar-refractivity contribution is -0.123. The molecule has 3 N–H and O–H groups in total. The molecule has 5 nitrogen and oxygen atoms in total. The van der Waals surface area contributed by atoms with E-state index in [1.54, 1.807) is 12.1 Å². The fraction of sp³-hybridized carbons (Fsp3) is 0.562. The van der Waals surface area contributed by atoms with E-state index in [0.717, 1.165) is 12.0 Å². The number of amides is 1. The summed E-state index contributed by atoms with van der Waals surface area (Å²) in [6, 6.07) is 6.21. The number of hydrogen-bond donors (Lipinski definition) is 3. The zero-order valence-electron chi connectivity index (χ0n) is 12.9. The van der Waals surface area contributed by atoms with Gasteiger partial charge in [-0.05, 0) is 49.8 Å². The number of carbonyl (C=O) groups excluding carboxylic acids is 1. The van der Waals surface area contributed by atoms with Crippen LogP contribution < -0.4 is 20.9 Å². The molecule has 1 saturated carbocycles. The van der Waals surface area contributed by atoms with E-state index in [-0.39, 0.29) is 23.7 Å². The lowest BCUT2D eigenvalue weighted by Crippen LogP contribution is -2.44. The van der Waals surface area contributed by atoms with Crippen LogP contribution >= 0.6 is 0 Å². The highest BCUT2D eigenvalue weighted by atomic mass is 19.3. The normalized spacial score (nSPS) is 25.4. The fourth-order valence-electron chi connectivity index (χ4n) is 2.92. The molecule has 0 radical (unpaired) electrons. The van der Waals surface area contributed by atoms with Gasteiger partial charge in [-0.2, -0.15) is 8.78 Å². The molecule has 0 spiro atoms. The van der Waals surface area contributed by atoms with Crippen LogP contribution in [-0.2, 0) is 4.79 Å². The van der Waals surface area contributed by atoms with Crippen molar-refractivity contribution in [1.82, 2.24) is 16.2 Å². The van der Waals surface area contributed by atoms with Crippen LogP contribution in [0.5, 0.6) is 5.75 Å². The molecule has 1 heterocycles. The van der Waals surface area contributed by atoms with Gasteiger partial charge in [-0.1, -0.05) is 12.1 Å². The van der Waals surface area contributed by atoms with Gasteiger partial charge in [0.05, 0.1) is 6.04 Å². The number of halogens is 2. The number of nitrogens with one attached hydrogen (secondary N) is 3. The third kappa shape index (κ3) is 4.17. The van der Waals surface area contributed by atoms with Crippen LogP contribution in [0.1, 0.15) is 37.8 Å². The first-order chi connectivity index (χ1) is 11.0. The minimum Gasteiger partial charge on any atom is -0.435 e. The molecule has 1 aliphatic carbocycles. The Morgan fingerprint density at radius 3 is 2.83 bits per heavy atom. The molecule has 2 fully saturated rings. The molecule has 1 saturated heterocycles. The van der Waals surface area contributed by atoms with Crippen molar-refractivity contribution in [2.75, 3.05) is 0 Å². The predicted octanol–water partition coefficient (Wildman–Crippen LogP) is 2.11. The molecule has 3 rings (SSSR count). The molecule has 0 aromatic heterocycles.